The summed E-state index contributed by atoms with van der Waals surface area (Å²) in [5.74, 6) is -0.847. The van der Waals surface area contributed by atoms with Gasteiger partial charge in [-0.05, 0) is 48.5 Å². The Kier molecular flexibility index (Phi) is 6.05. The van der Waals surface area contributed by atoms with Crippen LogP contribution in [0.15, 0.2) is 60.7 Å². The summed E-state index contributed by atoms with van der Waals surface area (Å²) in [7, 11) is 3.17. The van der Waals surface area contributed by atoms with E-state index in [0.717, 1.165) is 5.56 Å². The monoisotopic (exact) mass is 511 g/mol. The van der Waals surface area contributed by atoms with Gasteiger partial charge >= 0.3 is 0 Å². The molecule has 1 N–H and O–H groups in total. The maximum absolute atomic E-state index is 13.3. The number of nitrogens with one attached hydrogen (secondary N) is 1. The first-order chi connectivity index (χ1) is 17.3. The fourth-order valence-electron chi connectivity index (χ4n) is 5.41. The molecule has 1 saturated heterocycles. The number of carbonyl (C=O) groups excluding carboxylic acids is 1. The Labute approximate surface area is 211 Å². The summed E-state index contributed by atoms with van der Waals surface area (Å²) in [5, 5.41) is 15.6. The van der Waals surface area contributed by atoms with Gasteiger partial charge in [0.15, 0.2) is 17.0 Å². The van der Waals surface area contributed by atoms with Crippen LogP contribution < -0.4 is 14.8 Å². The van der Waals surface area contributed by atoms with E-state index >= 15 is 0 Å². The van der Waals surface area contributed by atoms with Crippen LogP contribution >= 0.6 is 11.6 Å². The molecule has 3 atom stereocenters. The van der Waals surface area contributed by atoms with Crippen molar-refractivity contribution in [3.63, 3.8) is 0 Å². The Morgan fingerprint density at radius 1 is 1.22 bits per heavy atom. The number of fused-ring (bicyclic) bond motifs is 2. The minimum atomic E-state index is -1.46. The summed E-state index contributed by atoms with van der Waals surface area (Å²) in [5.41, 5.74) is 0.995. The second-order valence-corrected chi connectivity index (χ2v) is 9.34. The van der Waals surface area contributed by atoms with Crippen LogP contribution in [-0.4, -0.2) is 42.5 Å². The lowest BCUT2D eigenvalue weighted by Crippen LogP contribution is -2.54. The average molecular weight is 512 g/mol. The van der Waals surface area contributed by atoms with Crippen LogP contribution in [0.3, 0.4) is 0 Å². The number of hydrogen-bond acceptors (Lipinski definition) is 6. The van der Waals surface area contributed by atoms with Gasteiger partial charge in [-0.1, -0.05) is 41.9 Å². The number of benzene rings is 3. The summed E-state index contributed by atoms with van der Waals surface area (Å²) in [6.45, 7) is 0.377. The first-order valence-corrected chi connectivity index (χ1v) is 11.7. The van der Waals surface area contributed by atoms with E-state index in [1.54, 1.807) is 60.5 Å². The van der Waals surface area contributed by atoms with Crippen LogP contribution in [0.5, 0.6) is 11.5 Å². The summed E-state index contributed by atoms with van der Waals surface area (Å²) in [6, 6.07) is 14.9. The van der Waals surface area contributed by atoms with Gasteiger partial charge in [-0.2, -0.15) is 0 Å². The maximum atomic E-state index is 13.3. The van der Waals surface area contributed by atoms with E-state index in [9.17, 15) is 19.3 Å². The molecule has 0 aliphatic carbocycles. The number of carbonyl (C=O) groups is 1. The zero-order chi connectivity index (χ0) is 25.6. The number of ether oxygens (including phenoxy) is 2. The zero-order valence-electron chi connectivity index (χ0n) is 19.5. The number of nitro groups is 1. The highest BCUT2D eigenvalue weighted by atomic mass is 35.5. The van der Waals surface area contributed by atoms with E-state index in [1.807, 2.05) is 0 Å². The first kappa shape index (κ1) is 24.0. The van der Waals surface area contributed by atoms with Crippen LogP contribution in [-0.2, 0) is 16.9 Å². The van der Waals surface area contributed by atoms with Crippen molar-refractivity contribution in [3.8, 4) is 11.5 Å². The lowest BCUT2D eigenvalue weighted by molar-refractivity contribution is -0.534. The molecule has 8 nitrogen and oxygen atoms in total. The number of amides is 1. The number of rotatable bonds is 6. The summed E-state index contributed by atoms with van der Waals surface area (Å²) in [4.78, 5) is 27.2. The van der Waals surface area contributed by atoms with E-state index < -0.39 is 23.4 Å². The third-order valence-corrected chi connectivity index (χ3v) is 7.30. The van der Waals surface area contributed by atoms with E-state index in [2.05, 4.69) is 5.32 Å². The van der Waals surface area contributed by atoms with Crippen LogP contribution in [0, 0.1) is 15.9 Å². The smallest absolute Gasteiger partial charge is 0.256 e. The molecule has 3 aromatic rings. The Balaban J connectivity index is 1.52. The number of likely N-dealkylation sites (tertiary alicyclic amines) is 1. The van der Waals surface area contributed by atoms with Crippen molar-refractivity contribution in [1.29, 1.82) is 0 Å². The van der Waals surface area contributed by atoms with Gasteiger partial charge in [-0.25, -0.2) is 4.39 Å². The van der Waals surface area contributed by atoms with Crippen LogP contribution in [0.25, 0.3) is 0 Å². The lowest BCUT2D eigenvalue weighted by atomic mass is 9.79. The van der Waals surface area contributed by atoms with Gasteiger partial charge in [0.1, 0.15) is 12.4 Å². The van der Waals surface area contributed by atoms with Crippen LogP contribution in [0.1, 0.15) is 22.6 Å². The van der Waals surface area contributed by atoms with Crippen molar-refractivity contribution < 1.29 is 23.6 Å². The van der Waals surface area contributed by atoms with Gasteiger partial charge in [0, 0.05) is 22.7 Å². The van der Waals surface area contributed by atoms with Gasteiger partial charge in [-0.3, -0.25) is 19.8 Å². The number of anilines is 1. The Hall–Kier alpha value is -3.69. The molecule has 0 saturated carbocycles. The average Bonchev–Trinajstić information content (AvgIpc) is 3.33. The van der Waals surface area contributed by atoms with E-state index in [0.29, 0.717) is 22.6 Å². The van der Waals surface area contributed by atoms with Crippen molar-refractivity contribution in [1.82, 2.24) is 4.90 Å². The number of nitrogens with zero attached hydrogens (tertiary/aromatic N) is 2. The van der Waals surface area contributed by atoms with Crippen molar-refractivity contribution in [3.05, 3.63) is 98.3 Å². The van der Waals surface area contributed by atoms with Crippen molar-refractivity contribution >= 4 is 23.2 Å². The maximum Gasteiger partial charge on any atom is 0.256 e. The normalized spacial score (nSPS) is 22.9. The predicted molar refractivity (Wildman–Crippen MR) is 132 cm³/mol. The van der Waals surface area contributed by atoms with Gasteiger partial charge < -0.3 is 14.8 Å². The summed E-state index contributed by atoms with van der Waals surface area (Å²) in [6.07, 6.45) is 0. The summed E-state index contributed by atoms with van der Waals surface area (Å²) < 4.78 is 24.6. The van der Waals surface area contributed by atoms with Gasteiger partial charge in [0.05, 0.1) is 18.1 Å². The second-order valence-electron chi connectivity index (χ2n) is 8.93. The number of hydrogen-bond donors (Lipinski definition) is 1. The zero-order valence-corrected chi connectivity index (χ0v) is 20.3. The van der Waals surface area contributed by atoms with E-state index in [4.69, 9.17) is 21.1 Å². The Morgan fingerprint density at radius 2 is 1.94 bits per heavy atom. The predicted octanol–water partition coefficient (Wildman–Crippen LogP) is 4.59. The van der Waals surface area contributed by atoms with Gasteiger partial charge in [-0.15, -0.1) is 0 Å². The van der Waals surface area contributed by atoms with Crippen molar-refractivity contribution in [2.75, 3.05) is 26.0 Å². The van der Waals surface area contributed by atoms with E-state index in [1.165, 1.54) is 19.2 Å². The Bertz CT molecular complexity index is 1350. The minimum absolute atomic E-state index is 0.124. The van der Waals surface area contributed by atoms with Crippen molar-refractivity contribution in [2.45, 2.75) is 24.1 Å². The molecule has 0 aromatic heterocycles. The topological polar surface area (TPSA) is 93.9 Å². The quantitative estimate of drug-likeness (QED) is 0.384. The number of halogens is 2. The Morgan fingerprint density at radius 3 is 2.64 bits per heavy atom. The fraction of sp³-hybridized carbons (Fsp3) is 0.269. The molecule has 0 unspecified atom stereocenters. The standard InChI is InChI=1S/C26H23ClFN3O5/c1-30-13-18(24(31(33)34)26(30)19-5-3-4-6-21(19)29-25(26)32)16-11-20(27)23(22(12-16)35-2)36-14-15-7-9-17(28)10-8-15/h3-12,18,24H,13-14H2,1-2H3,(H,29,32)/t18-,24-,26-/m0/s1. The molecule has 3 aromatic carbocycles. The number of likely N-dealkylation sites (N-methyl/N-ethyl adjacent to an activating group) is 1. The molecular weight excluding hydrogens is 489 g/mol. The molecule has 5 rings (SSSR count). The molecular formula is C26H23ClFN3O5. The molecule has 0 bridgehead atoms. The number of methoxy groups -OCH3 is 1. The molecule has 10 heteroatoms. The molecule has 1 amide bonds. The second kappa shape index (κ2) is 9.07. The lowest BCUT2D eigenvalue weighted by Gasteiger charge is -2.30. The first-order valence-electron chi connectivity index (χ1n) is 11.3. The summed E-state index contributed by atoms with van der Waals surface area (Å²) >= 11 is 6.58. The molecule has 1 fully saturated rings. The van der Waals surface area contributed by atoms with Crippen molar-refractivity contribution in [2.24, 2.45) is 0 Å². The molecule has 2 heterocycles. The molecule has 2 aliphatic heterocycles. The minimum Gasteiger partial charge on any atom is -0.493 e. The molecule has 1 spiro atoms. The third-order valence-electron chi connectivity index (χ3n) is 7.02. The number of para-hydroxylation sites is 1. The highest BCUT2D eigenvalue weighted by Crippen LogP contribution is 2.53. The third kappa shape index (κ3) is 3.66. The van der Waals surface area contributed by atoms with Crippen LogP contribution in [0.4, 0.5) is 10.1 Å². The molecule has 36 heavy (non-hydrogen) atoms. The fourth-order valence-corrected chi connectivity index (χ4v) is 5.68. The molecule has 186 valence electrons. The SMILES string of the molecule is COc1cc([C@@H]2CN(C)[C@]3(C(=O)Nc4ccccc43)[C@H]2[N+](=O)[O-])cc(Cl)c1OCc1ccc(F)cc1. The van der Waals surface area contributed by atoms with Crippen LogP contribution in [0.2, 0.25) is 5.02 Å². The molecule has 0 radical (unpaired) electrons. The highest BCUT2D eigenvalue weighted by molar-refractivity contribution is 6.32. The van der Waals surface area contributed by atoms with E-state index in [-0.39, 0.29) is 34.7 Å². The van der Waals surface area contributed by atoms with Gasteiger partial charge in [0.2, 0.25) is 0 Å². The van der Waals surface area contributed by atoms with Gasteiger partial charge in [0.25, 0.3) is 11.9 Å². The highest BCUT2D eigenvalue weighted by Gasteiger charge is 2.68. The molecule has 2 aliphatic rings. The largest absolute Gasteiger partial charge is 0.493 e.